The van der Waals surface area contributed by atoms with Gasteiger partial charge in [0, 0.05) is 17.3 Å². The number of nitrogen functional groups attached to an aromatic ring is 1. The minimum Gasteiger partial charge on any atom is -0.393 e. The van der Waals surface area contributed by atoms with Crippen molar-refractivity contribution in [1.29, 1.82) is 0 Å². The Labute approximate surface area is 119 Å². The second kappa shape index (κ2) is 5.58. The molecule has 0 aliphatic heterocycles. The summed E-state index contributed by atoms with van der Waals surface area (Å²) in [6.45, 7) is 1.52. The Bertz CT molecular complexity index is 731. The van der Waals surface area contributed by atoms with Crippen molar-refractivity contribution in [3.05, 3.63) is 63.5 Å². The standard InChI is InChI=1S/C14H12FN3O3/c1-8-10(15)5-3-6-11(8)17-14(19)9-4-2-7-12(13(9)16)18(20)21/h2-7H,16H2,1H3,(H,17,19). The number of para-hydroxylation sites is 1. The lowest BCUT2D eigenvalue weighted by molar-refractivity contribution is -0.383. The molecular weight excluding hydrogens is 277 g/mol. The van der Waals surface area contributed by atoms with Crippen LogP contribution in [0.25, 0.3) is 0 Å². The molecule has 0 radical (unpaired) electrons. The molecule has 0 unspecified atom stereocenters. The number of halogens is 1. The van der Waals surface area contributed by atoms with Crippen molar-refractivity contribution in [3.8, 4) is 0 Å². The molecule has 0 heterocycles. The predicted octanol–water partition coefficient (Wildman–Crippen LogP) is 2.88. The van der Waals surface area contributed by atoms with Gasteiger partial charge >= 0.3 is 0 Å². The molecule has 7 heteroatoms. The van der Waals surface area contributed by atoms with Crippen LogP contribution in [-0.4, -0.2) is 10.8 Å². The van der Waals surface area contributed by atoms with Gasteiger partial charge in [0.25, 0.3) is 11.6 Å². The monoisotopic (exact) mass is 289 g/mol. The number of nitro groups is 1. The van der Waals surface area contributed by atoms with E-state index in [4.69, 9.17) is 5.73 Å². The Morgan fingerprint density at radius 1 is 1.29 bits per heavy atom. The molecule has 0 saturated heterocycles. The van der Waals surface area contributed by atoms with Crippen LogP contribution in [0, 0.1) is 22.9 Å². The first-order chi connectivity index (χ1) is 9.91. The molecule has 2 rings (SSSR count). The number of hydrogen-bond donors (Lipinski definition) is 2. The summed E-state index contributed by atoms with van der Waals surface area (Å²) in [5.41, 5.74) is 5.58. The summed E-state index contributed by atoms with van der Waals surface area (Å²) in [5.74, 6) is -1.09. The molecule has 0 aliphatic rings. The highest BCUT2D eigenvalue weighted by molar-refractivity contribution is 6.09. The summed E-state index contributed by atoms with van der Waals surface area (Å²) < 4.78 is 13.4. The lowest BCUT2D eigenvalue weighted by atomic mass is 10.1. The summed E-state index contributed by atoms with van der Waals surface area (Å²) in [7, 11) is 0. The molecule has 6 nitrogen and oxygen atoms in total. The van der Waals surface area contributed by atoms with E-state index in [9.17, 15) is 19.3 Å². The molecule has 2 aromatic rings. The molecule has 21 heavy (non-hydrogen) atoms. The number of nitrogens with one attached hydrogen (secondary N) is 1. The van der Waals surface area contributed by atoms with E-state index >= 15 is 0 Å². The molecule has 0 bridgehead atoms. The second-order valence-corrected chi connectivity index (χ2v) is 4.36. The highest BCUT2D eigenvalue weighted by Gasteiger charge is 2.19. The molecule has 0 saturated carbocycles. The van der Waals surface area contributed by atoms with Gasteiger partial charge in [0.15, 0.2) is 0 Å². The molecule has 0 aliphatic carbocycles. The molecular formula is C14H12FN3O3. The third-order valence-corrected chi connectivity index (χ3v) is 3.04. The number of nitrogens with two attached hydrogens (primary N) is 1. The highest BCUT2D eigenvalue weighted by Crippen LogP contribution is 2.26. The second-order valence-electron chi connectivity index (χ2n) is 4.36. The van der Waals surface area contributed by atoms with E-state index in [0.29, 0.717) is 0 Å². The Morgan fingerprint density at radius 3 is 2.62 bits per heavy atom. The summed E-state index contributed by atoms with van der Waals surface area (Å²) in [5, 5.41) is 13.3. The van der Waals surface area contributed by atoms with Gasteiger partial charge in [-0.2, -0.15) is 0 Å². The van der Waals surface area contributed by atoms with E-state index in [-0.39, 0.29) is 28.2 Å². The number of rotatable bonds is 3. The van der Waals surface area contributed by atoms with Gasteiger partial charge in [-0.25, -0.2) is 4.39 Å². The van der Waals surface area contributed by atoms with Crippen LogP contribution in [0.2, 0.25) is 0 Å². The first-order valence-electron chi connectivity index (χ1n) is 6.01. The first kappa shape index (κ1) is 14.4. The lowest BCUT2D eigenvalue weighted by Gasteiger charge is -2.10. The topological polar surface area (TPSA) is 98.3 Å². The molecule has 0 atom stereocenters. The third-order valence-electron chi connectivity index (χ3n) is 3.04. The van der Waals surface area contributed by atoms with Gasteiger partial charge in [0.05, 0.1) is 10.5 Å². The van der Waals surface area contributed by atoms with Crippen LogP contribution in [0.5, 0.6) is 0 Å². The van der Waals surface area contributed by atoms with Crippen molar-refractivity contribution in [1.82, 2.24) is 0 Å². The molecule has 108 valence electrons. The quantitative estimate of drug-likeness (QED) is 0.515. The number of carbonyl (C=O) groups is 1. The number of anilines is 2. The van der Waals surface area contributed by atoms with Crippen molar-refractivity contribution in [2.24, 2.45) is 0 Å². The average molecular weight is 289 g/mol. The summed E-state index contributed by atoms with van der Waals surface area (Å²) in [6, 6.07) is 8.19. The smallest absolute Gasteiger partial charge is 0.292 e. The zero-order chi connectivity index (χ0) is 15.6. The minimum absolute atomic E-state index is 0.0344. The van der Waals surface area contributed by atoms with Crippen molar-refractivity contribution in [2.45, 2.75) is 6.92 Å². The average Bonchev–Trinajstić information content (AvgIpc) is 2.43. The number of nitro benzene ring substituents is 1. The molecule has 0 aromatic heterocycles. The SMILES string of the molecule is Cc1c(F)cccc1NC(=O)c1cccc([N+](=O)[O-])c1N. The Kier molecular flexibility index (Phi) is 3.84. The van der Waals surface area contributed by atoms with E-state index < -0.39 is 16.6 Å². The molecule has 0 fully saturated rings. The van der Waals surface area contributed by atoms with E-state index in [1.807, 2.05) is 0 Å². The number of nitrogens with zero attached hydrogens (tertiary/aromatic N) is 1. The fourth-order valence-electron chi connectivity index (χ4n) is 1.84. The zero-order valence-electron chi connectivity index (χ0n) is 11.1. The van der Waals surface area contributed by atoms with E-state index in [1.165, 1.54) is 43.3 Å². The summed E-state index contributed by atoms with van der Waals surface area (Å²) in [6.07, 6.45) is 0. The van der Waals surface area contributed by atoms with Crippen molar-refractivity contribution in [3.63, 3.8) is 0 Å². The van der Waals surface area contributed by atoms with Gasteiger partial charge < -0.3 is 11.1 Å². The normalized spacial score (nSPS) is 10.2. The van der Waals surface area contributed by atoms with Gasteiger partial charge in [0.2, 0.25) is 0 Å². The maximum atomic E-state index is 13.4. The van der Waals surface area contributed by atoms with Crippen molar-refractivity contribution >= 4 is 23.0 Å². The maximum absolute atomic E-state index is 13.4. The van der Waals surface area contributed by atoms with Crippen LogP contribution in [0.15, 0.2) is 36.4 Å². The van der Waals surface area contributed by atoms with Gasteiger partial charge in [-0.15, -0.1) is 0 Å². The largest absolute Gasteiger partial charge is 0.393 e. The van der Waals surface area contributed by atoms with Crippen LogP contribution in [0.1, 0.15) is 15.9 Å². The van der Waals surface area contributed by atoms with E-state index in [2.05, 4.69) is 5.32 Å². The summed E-state index contributed by atoms with van der Waals surface area (Å²) >= 11 is 0. The van der Waals surface area contributed by atoms with E-state index in [0.717, 1.165) is 0 Å². The van der Waals surface area contributed by atoms with Gasteiger partial charge in [-0.05, 0) is 25.1 Å². The van der Waals surface area contributed by atoms with Gasteiger partial charge in [-0.3, -0.25) is 14.9 Å². The maximum Gasteiger partial charge on any atom is 0.292 e. The highest BCUT2D eigenvalue weighted by atomic mass is 19.1. The Morgan fingerprint density at radius 2 is 1.95 bits per heavy atom. The minimum atomic E-state index is -0.667. The van der Waals surface area contributed by atoms with Gasteiger partial charge in [-0.1, -0.05) is 12.1 Å². The van der Waals surface area contributed by atoms with E-state index in [1.54, 1.807) is 0 Å². The van der Waals surface area contributed by atoms with Crippen LogP contribution in [0.4, 0.5) is 21.5 Å². The number of amides is 1. The lowest BCUT2D eigenvalue weighted by Crippen LogP contribution is -2.15. The molecule has 1 amide bonds. The van der Waals surface area contributed by atoms with Crippen molar-refractivity contribution in [2.75, 3.05) is 11.1 Å². The predicted molar refractivity (Wildman–Crippen MR) is 76.6 cm³/mol. The first-order valence-corrected chi connectivity index (χ1v) is 6.01. The van der Waals surface area contributed by atoms with Crippen LogP contribution < -0.4 is 11.1 Å². The molecule has 3 N–H and O–H groups in total. The number of carbonyl (C=O) groups excluding carboxylic acids is 1. The van der Waals surface area contributed by atoms with Crippen molar-refractivity contribution < 1.29 is 14.1 Å². The Balaban J connectivity index is 2.35. The summed E-state index contributed by atoms with van der Waals surface area (Å²) in [4.78, 5) is 22.3. The van der Waals surface area contributed by atoms with Crippen LogP contribution >= 0.6 is 0 Å². The number of hydrogen-bond acceptors (Lipinski definition) is 4. The third kappa shape index (κ3) is 2.81. The molecule has 2 aromatic carbocycles. The fourth-order valence-corrected chi connectivity index (χ4v) is 1.84. The van der Waals surface area contributed by atoms with Gasteiger partial charge in [0.1, 0.15) is 11.5 Å². The zero-order valence-corrected chi connectivity index (χ0v) is 11.1. The van der Waals surface area contributed by atoms with Crippen LogP contribution in [0.3, 0.4) is 0 Å². The van der Waals surface area contributed by atoms with Crippen LogP contribution in [-0.2, 0) is 0 Å². The number of benzene rings is 2. The fraction of sp³-hybridized carbons (Fsp3) is 0.0714. The molecule has 0 spiro atoms. The Hall–Kier alpha value is -2.96.